The summed E-state index contributed by atoms with van der Waals surface area (Å²) in [6, 6.07) is 11.1. The van der Waals surface area contributed by atoms with Crippen molar-refractivity contribution in [2.45, 2.75) is 44.3 Å². The Morgan fingerprint density at radius 3 is 2.22 bits per heavy atom. The third-order valence-electron chi connectivity index (χ3n) is 7.23. The molecule has 0 unspecified atom stereocenters. The molecule has 1 aromatic heterocycles. The summed E-state index contributed by atoms with van der Waals surface area (Å²) in [5.74, 6) is -0.809. The number of piperidine rings is 1. The van der Waals surface area contributed by atoms with Crippen LogP contribution >= 0.6 is 0 Å². The van der Waals surface area contributed by atoms with Crippen LogP contribution in [0.1, 0.15) is 57.3 Å². The SMILES string of the molecule is Cc1c(C(=O)N2CCC(C)CC2)cc(C(=O)NCc2ccc(S(C)(=O)=O)cc2)c(=O)n1-c1cccc(C(F)(F)F)c1. The van der Waals surface area contributed by atoms with E-state index in [4.69, 9.17) is 0 Å². The number of alkyl halides is 3. The van der Waals surface area contributed by atoms with Gasteiger partial charge in [-0.05, 0) is 67.6 Å². The van der Waals surface area contributed by atoms with Gasteiger partial charge in [0.1, 0.15) is 5.56 Å². The molecule has 218 valence electrons. The van der Waals surface area contributed by atoms with Gasteiger partial charge in [-0.2, -0.15) is 13.2 Å². The van der Waals surface area contributed by atoms with Gasteiger partial charge in [0, 0.05) is 37.3 Å². The van der Waals surface area contributed by atoms with E-state index in [1.807, 2.05) is 0 Å². The minimum atomic E-state index is -4.67. The van der Waals surface area contributed by atoms with Crippen molar-refractivity contribution in [1.29, 1.82) is 0 Å². The van der Waals surface area contributed by atoms with Gasteiger partial charge in [0.05, 0.1) is 16.0 Å². The highest BCUT2D eigenvalue weighted by atomic mass is 32.2. The lowest BCUT2D eigenvalue weighted by atomic mass is 9.98. The number of hydrogen-bond acceptors (Lipinski definition) is 5. The minimum Gasteiger partial charge on any atom is -0.348 e. The Hall–Kier alpha value is -3.93. The summed E-state index contributed by atoms with van der Waals surface area (Å²) in [5, 5.41) is 2.59. The third-order valence-corrected chi connectivity index (χ3v) is 8.36. The van der Waals surface area contributed by atoms with Crippen molar-refractivity contribution in [3.8, 4) is 5.69 Å². The zero-order valence-electron chi connectivity index (χ0n) is 22.8. The molecule has 0 bridgehead atoms. The molecule has 0 atom stereocenters. The molecule has 0 radical (unpaired) electrons. The number of rotatable bonds is 6. The largest absolute Gasteiger partial charge is 0.416 e. The van der Waals surface area contributed by atoms with Crippen LogP contribution in [0.4, 0.5) is 13.2 Å². The average molecular weight is 590 g/mol. The fraction of sp³-hybridized carbons (Fsp3) is 0.345. The Labute approximate surface area is 235 Å². The normalized spacial score (nSPS) is 14.6. The first-order valence-corrected chi connectivity index (χ1v) is 14.9. The summed E-state index contributed by atoms with van der Waals surface area (Å²) in [6.45, 7) is 4.44. The molecule has 2 heterocycles. The Morgan fingerprint density at radius 2 is 1.63 bits per heavy atom. The molecule has 1 N–H and O–H groups in total. The lowest BCUT2D eigenvalue weighted by Crippen LogP contribution is -2.40. The lowest BCUT2D eigenvalue weighted by molar-refractivity contribution is -0.137. The maximum Gasteiger partial charge on any atom is 0.416 e. The first-order chi connectivity index (χ1) is 19.2. The molecule has 0 aliphatic carbocycles. The number of sulfone groups is 1. The number of pyridine rings is 1. The van der Waals surface area contributed by atoms with Crippen LogP contribution in [0.5, 0.6) is 0 Å². The number of likely N-dealkylation sites (tertiary alicyclic amines) is 1. The second-order valence-corrected chi connectivity index (χ2v) is 12.3. The summed E-state index contributed by atoms with van der Waals surface area (Å²) in [5.41, 5.74) is -1.69. The average Bonchev–Trinajstić information content (AvgIpc) is 2.91. The van der Waals surface area contributed by atoms with E-state index in [1.54, 1.807) is 4.90 Å². The van der Waals surface area contributed by atoms with E-state index in [9.17, 15) is 36.0 Å². The van der Waals surface area contributed by atoms with E-state index in [0.29, 0.717) is 24.6 Å². The monoisotopic (exact) mass is 589 g/mol. The minimum absolute atomic E-state index is 0.0409. The van der Waals surface area contributed by atoms with Gasteiger partial charge in [-0.25, -0.2) is 8.42 Å². The maximum absolute atomic E-state index is 13.6. The zero-order chi connectivity index (χ0) is 30.1. The second kappa shape index (κ2) is 11.5. The van der Waals surface area contributed by atoms with Crippen LogP contribution < -0.4 is 10.9 Å². The van der Waals surface area contributed by atoms with Crippen molar-refractivity contribution >= 4 is 21.7 Å². The number of benzene rings is 2. The molecule has 1 aliphatic heterocycles. The molecule has 4 rings (SSSR count). The van der Waals surface area contributed by atoms with E-state index < -0.39 is 44.5 Å². The van der Waals surface area contributed by atoms with Gasteiger partial charge in [-0.1, -0.05) is 25.1 Å². The zero-order valence-corrected chi connectivity index (χ0v) is 23.6. The molecule has 0 spiro atoms. The summed E-state index contributed by atoms with van der Waals surface area (Å²) in [6.07, 6.45) is -2.04. The van der Waals surface area contributed by atoms with Gasteiger partial charge < -0.3 is 10.2 Å². The molecular weight excluding hydrogens is 559 g/mol. The number of halogens is 3. The number of aromatic nitrogens is 1. The van der Waals surface area contributed by atoms with Crippen molar-refractivity contribution in [1.82, 2.24) is 14.8 Å². The summed E-state index contributed by atoms with van der Waals surface area (Å²) >= 11 is 0. The Bertz CT molecular complexity index is 1640. The van der Waals surface area contributed by atoms with Crippen molar-refractivity contribution < 1.29 is 31.2 Å². The molecule has 12 heteroatoms. The van der Waals surface area contributed by atoms with Crippen LogP contribution in [-0.2, 0) is 22.6 Å². The molecule has 1 aliphatic rings. The van der Waals surface area contributed by atoms with Gasteiger partial charge in [0.2, 0.25) is 0 Å². The lowest BCUT2D eigenvalue weighted by Gasteiger charge is -2.31. The molecule has 1 fully saturated rings. The van der Waals surface area contributed by atoms with Crippen molar-refractivity contribution in [2.24, 2.45) is 5.92 Å². The van der Waals surface area contributed by atoms with Gasteiger partial charge in [0.25, 0.3) is 17.4 Å². The number of nitrogens with zero attached hydrogens (tertiary/aromatic N) is 2. The molecule has 2 amide bonds. The van der Waals surface area contributed by atoms with E-state index in [1.165, 1.54) is 43.3 Å². The van der Waals surface area contributed by atoms with Crippen LogP contribution in [0, 0.1) is 12.8 Å². The van der Waals surface area contributed by atoms with Gasteiger partial charge in [0.15, 0.2) is 9.84 Å². The fourth-order valence-electron chi connectivity index (χ4n) is 4.73. The van der Waals surface area contributed by atoms with Crippen molar-refractivity contribution in [3.05, 3.63) is 92.9 Å². The molecule has 0 saturated carbocycles. The molecule has 8 nitrogen and oxygen atoms in total. The number of amides is 2. The number of nitrogens with one attached hydrogen (secondary N) is 1. The number of hydrogen-bond donors (Lipinski definition) is 1. The van der Waals surface area contributed by atoms with Gasteiger partial charge in [-0.15, -0.1) is 0 Å². The van der Waals surface area contributed by atoms with Crippen LogP contribution in [0.25, 0.3) is 5.69 Å². The highest BCUT2D eigenvalue weighted by molar-refractivity contribution is 7.90. The van der Waals surface area contributed by atoms with Gasteiger partial charge in [-0.3, -0.25) is 19.0 Å². The highest BCUT2D eigenvalue weighted by Crippen LogP contribution is 2.31. The first-order valence-electron chi connectivity index (χ1n) is 13.0. The van der Waals surface area contributed by atoms with E-state index >= 15 is 0 Å². The van der Waals surface area contributed by atoms with E-state index in [2.05, 4.69) is 12.2 Å². The van der Waals surface area contributed by atoms with Crippen LogP contribution in [0.2, 0.25) is 0 Å². The fourth-order valence-corrected chi connectivity index (χ4v) is 5.36. The predicted molar refractivity (Wildman–Crippen MR) is 147 cm³/mol. The third kappa shape index (κ3) is 6.70. The predicted octanol–water partition coefficient (Wildman–Crippen LogP) is 4.37. The van der Waals surface area contributed by atoms with Crippen LogP contribution in [0.15, 0.2) is 64.3 Å². The molecule has 1 saturated heterocycles. The Balaban J connectivity index is 1.75. The smallest absolute Gasteiger partial charge is 0.348 e. The summed E-state index contributed by atoms with van der Waals surface area (Å²) in [4.78, 5) is 42.1. The van der Waals surface area contributed by atoms with Crippen molar-refractivity contribution in [2.75, 3.05) is 19.3 Å². The highest BCUT2D eigenvalue weighted by Gasteiger charge is 2.32. The Kier molecular flexibility index (Phi) is 8.44. The second-order valence-electron chi connectivity index (χ2n) is 10.3. The van der Waals surface area contributed by atoms with Crippen LogP contribution in [0.3, 0.4) is 0 Å². The molecule has 2 aromatic carbocycles. The van der Waals surface area contributed by atoms with Crippen LogP contribution in [-0.4, -0.2) is 49.0 Å². The van der Waals surface area contributed by atoms with E-state index in [-0.39, 0.29) is 28.4 Å². The van der Waals surface area contributed by atoms with Gasteiger partial charge >= 0.3 is 6.18 Å². The summed E-state index contributed by atoms with van der Waals surface area (Å²) in [7, 11) is -3.41. The molecule has 3 aromatic rings. The molecular formula is C29H30F3N3O5S. The topological polar surface area (TPSA) is 106 Å². The van der Waals surface area contributed by atoms with E-state index in [0.717, 1.165) is 41.9 Å². The summed E-state index contributed by atoms with van der Waals surface area (Å²) < 4.78 is 64.8. The van der Waals surface area contributed by atoms with Crippen molar-refractivity contribution in [3.63, 3.8) is 0 Å². The Morgan fingerprint density at radius 1 is 1.00 bits per heavy atom. The number of carbonyl (C=O) groups is 2. The first kappa shape index (κ1) is 30.0. The number of carbonyl (C=O) groups excluding carboxylic acids is 2. The standard InChI is InChI=1S/C29H30F3N3O5S/c1-18-11-13-34(14-12-18)27(37)24-16-25(26(36)33-17-20-7-9-23(10-8-20)41(3,39)40)28(38)35(19(24)2)22-6-4-5-21(15-22)29(30,31)32/h4-10,15-16,18H,11-14,17H2,1-3H3,(H,33,36). The maximum atomic E-state index is 13.6. The quantitative estimate of drug-likeness (QED) is 0.460. The molecule has 41 heavy (non-hydrogen) atoms.